The third-order valence-electron chi connectivity index (χ3n) is 3.65. The first-order chi connectivity index (χ1) is 9.70. The molecule has 2 nitrogen and oxygen atoms in total. The van der Waals surface area contributed by atoms with Gasteiger partial charge in [-0.2, -0.15) is 0 Å². The minimum absolute atomic E-state index is 0.0833. The number of benzene rings is 2. The zero-order valence-electron chi connectivity index (χ0n) is 11.2. The van der Waals surface area contributed by atoms with Crippen LogP contribution in [-0.2, 0) is 9.59 Å². The van der Waals surface area contributed by atoms with Crippen LogP contribution in [0.25, 0.3) is 11.1 Å². The Kier molecular flexibility index (Phi) is 3.07. The number of Topliss-reactive ketones (excluding diaryl/α,β-unsaturated/α-hetero) is 2. The molecule has 0 amide bonds. The van der Waals surface area contributed by atoms with Gasteiger partial charge in [-0.05, 0) is 18.1 Å². The van der Waals surface area contributed by atoms with Crippen molar-refractivity contribution in [1.29, 1.82) is 0 Å². The average Bonchev–Trinajstić information content (AvgIpc) is 2.73. The van der Waals surface area contributed by atoms with E-state index < -0.39 is 5.92 Å². The van der Waals surface area contributed by atoms with Gasteiger partial charge in [-0.25, -0.2) is 0 Å². The van der Waals surface area contributed by atoms with Crippen molar-refractivity contribution < 1.29 is 9.59 Å². The number of rotatable bonds is 2. The van der Waals surface area contributed by atoms with Gasteiger partial charge in [0, 0.05) is 11.1 Å². The Balaban J connectivity index is 2.26. The molecular formula is C18H14O2. The molecule has 0 fully saturated rings. The van der Waals surface area contributed by atoms with E-state index in [0.717, 1.165) is 11.1 Å². The largest absolute Gasteiger partial charge is 0.293 e. The number of carbonyl (C=O) groups excluding carboxylic acids is 2. The zero-order chi connectivity index (χ0) is 14.1. The first-order valence-electron chi connectivity index (χ1n) is 6.63. The Bertz CT molecular complexity index is 635. The molecule has 3 rings (SSSR count). The van der Waals surface area contributed by atoms with E-state index in [1.807, 2.05) is 60.7 Å². The summed E-state index contributed by atoms with van der Waals surface area (Å²) in [5.74, 6) is -0.750. The Morgan fingerprint density at radius 2 is 1.00 bits per heavy atom. The van der Waals surface area contributed by atoms with Crippen molar-refractivity contribution in [1.82, 2.24) is 0 Å². The molecule has 0 saturated heterocycles. The number of carbonyl (C=O) groups is 2. The highest BCUT2D eigenvalue weighted by atomic mass is 16.2. The second-order valence-corrected chi connectivity index (χ2v) is 4.93. The average molecular weight is 262 g/mol. The van der Waals surface area contributed by atoms with Crippen LogP contribution in [0.4, 0.5) is 0 Å². The highest BCUT2D eigenvalue weighted by molar-refractivity contribution is 6.52. The highest BCUT2D eigenvalue weighted by Gasteiger charge is 2.38. The lowest BCUT2D eigenvalue weighted by Crippen LogP contribution is -2.12. The molecule has 0 bridgehead atoms. The summed E-state index contributed by atoms with van der Waals surface area (Å²) in [6.07, 6.45) is 0. The molecule has 1 aliphatic carbocycles. The van der Waals surface area contributed by atoms with Gasteiger partial charge in [-0.15, -0.1) is 0 Å². The fourth-order valence-corrected chi connectivity index (χ4v) is 2.58. The quantitative estimate of drug-likeness (QED) is 0.777. The summed E-state index contributed by atoms with van der Waals surface area (Å²) in [5, 5.41) is 0. The Morgan fingerprint density at radius 1 is 0.650 bits per heavy atom. The summed E-state index contributed by atoms with van der Waals surface area (Å²) < 4.78 is 0. The van der Waals surface area contributed by atoms with Crippen molar-refractivity contribution in [2.24, 2.45) is 5.92 Å². The van der Waals surface area contributed by atoms with Crippen LogP contribution >= 0.6 is 0 Å². The van der Waals surface area contributed by atoms with E-state index in [1.54, 1.807) is 6.92 Å². The minimum Gasteiger partial charge on any atom is -0.293 e. The molecule has 2 aromatic carbocycles. The predicted molar refractivity (Wildman–Crippen MR) is 78.9 cm³/mol. The lowest BCUT2D eigenvalue weighted by molar-refractivity contribution is -0.124. The van der Waals surface area contributed by atoms with Gasteiger partial charge in [-0.1, -0.05) is 60.7 Å². The number of allylic oxidation sites excluding steroid dienone is 2. The van der Waals surface area contributed by atoms with Gasteiger partial charge in [0.15, 0.2) is 11.6 Å². The monoisotopic (exact) mass is 262 g/mol. The predicted octanol–water partition coefficient (Wildman–Crippen LogP) is 3.39. The molecule has 2 heteroatoms. The molecule has 0 unspecified atom stereocenters. The lowest BCUT2D eigenvalue weighted by atomic mass is 9.96. The van der Waals surface area contributed by atoms with Gasteiger partial charge in [0.2, 0.25) is 0 Å². The maximum Gasteiger partial charge on any atom is 0.174 e. The number of hydrogen-bond donors (Lipinski definition) is 0. The first kappa shape index (κ1) is 12.5. The Labute approximate surface area is 117 Å². The normalized spacial score (nSPS) is 16.1. The van der Waals surface area contributed by atoms with E-state index in [4.69, 9.17) is 0 Å². The van der Waals surface area contributed by atoms with Crippen molar-refractivity contribution in [3.8, 4) is 0 Å². The van der Waals surface area contributed by atoms with Crippen LogP contribution in [0.2, 0.25) is 0 Å². The second kappa shape index (κ2) is 4.89. The molecule has 0 heterocycles. The molecule has 2 aromatic rings. The van der Waals surface area contributed by atoms with E-state index in [1.165, 1.54) is 0 Å². The first-order valence-corrected chi connectivity index (χ1v) is 6.63. The molecule has 0 spiro atoms. The maximum atomic E-state index is 12.4. The molecular weight excluding hydrogens is 248 g/mol. The van der Waals surface area contributed by atoms with Crippen LogP contribution in [0, 0.1) is 5.92 Å². The van der Waals surface area contributed by atoms with E-state index in [0.29, 0.717) is 11.1 Å². The van der Waals surface area contributed by atoms with E-state index in [2.05, 4.69) is 0 Å². The third-order valence-corrected chi connectivity index (χ3v) is 3.65. The van der Waals surface area contributed by atoms with Crippen molar-refractivity contribution in [2.45, 2.75) is 6.92 Å². The molecule has 0 aliphatic heterocycles. The molecule has 0 atom stereocenters. The fourth-order valence-electron chi connectivity index (χ4n) is 2.58. The van der Waals surface area contributed by atoms with E-state index in [9.17, 15) is 9.59 Å². The Morgan fingerprint density at radius 3 is 1.35 bits per heavy atom. The van der Waals surface area contributed by atoms with Crippen molar-refractivity contribution in [3.05, 3.63) is 71.8 Å². The number of ketones is 2. The van der Waals surface area contributed by atoms with Gasteiger partial charge in [0.1, 0.15) is 0 Å². The maximum absolute atomic E-state index is 12.4. The van der Waals surface area contributed by atoms with Crippen molar-refractivity contribution in [3.63, 3.8) is 0 Å². The molecule has 98 valence electrons. The third kappa shape index (κ3) is 1.90. The fraction of sp³-hybridized carbons (Fsp3) is 0.111. The summed E-state index contributed by atoms with van der Waals surface area (Å²) in [7, 11) is 0. The molecule has 0 radical (unpaired) electrons. The summed E-state index contributed by atoms with van der Waals surface area (Å²) in [5.41, 5.74) is 2.73. The summed E-state index contributed by atoms with van der Waals surface area (Å²) in [6.45, 7) is 1.68. The molecule has 0 saturated carbocycles. The second-order valence-electron chi connectivity index (χ2n) is 4.93. The number of hydrogen-bond acceptors (Lipinski definition) is 2. The zero-order valence-corrected chi connectivity index (χ0v) is 11.2. The van der Waals surface area contributed by atoms with Gasteiger partial charge in [0.25, 0.3) is 0 Å². The van der Waals surface area contributed by atoms with Gasteiger partial charge >= 0.3 is 0 Å². The Hall–Kier alpha value is -2.48. The summed E-state index contributed by atoms with van der Waals surface area (Å²) in [4.78, 5) is 24.8. The van der Waals surface area contributed by atoms with Crippen LogP contribution in [-0.4, -0.2) is 11.6 Å². The molecule has 20 heavy (non-hydrogen) atoms. The van der Waals surface area contributed by atoms with E-state index in [-0.39, 0.29) is 11.6 Å². The topological polar surface area (TPSA) is 34.1 Å². The van der Waals surface area contributed by atoms with Gasteiger partial charge in [0.05, 0.1) is 5.92 Å². The van der Waals surface area contributed by atoms with Gasteiger partial charge in [-0.3, -0.25) is 9.59 Å². The minimum atomic E-state index is -0.583. The van der Waals surface area contributed by atoms with Gasteiger partial charge < -0.3 is 0 Å². The summed E-state index contributed by atoms with van der Waals surface area (Å²) >= 11 is 0. The highest BCUT2D eigenvalue weighted by Crippen LogP contribution is 2.37. The van der Waals surface area contributed by atoms with Crippen LogP contribution in [0.3, 0.4) is 0 Å². The molecule has 1 aliphatic rings. The smallest absolute Gasteiger partial charge is 0.174 e. The molecule has 0 N–H and O–H groups in total. The van der Waals surface area contributed by atoms with E-state index >= 15 is 0 Å². The van der Waals surface area contributed by atoms with Crippen LogP contribution in [0.15, 0.2) is 60.7 Å². The SMILES string of the molecule is CC1C(=O)C(c2ccccc2)=C(c2ccccc2)C1=O. The molecule has 0 aromatic heterocycles. The van der Waals surface area contributed by atoms with Crippen molar-refractivity contribution >= 4 is 22.7 Å². The van der Waals surface area contributed by atoms with Crippen LogP contribution in [0.5, 0.6) is 0 Å². The standard InChI is InChI=1S/C18H14O2/c1-12-17(19)15(13-8-4-2-5-9-13)16(18(12)20)14-10-6-3-7-11-14/h2-12H,1H3. The van der Waals surface area contributed by atoms with Crippen LogP contribution in [0.1, 0.15) is 18.1 Å². The summed E-state index contributed by atoms with van der Waals surface area (Å²) in [6, 6.07) is 18.8. The van der Waals surface area contributed by atoms with Crippen LogP contribution < -0.4 is 0 Å². The lowest BCUT2D eigenvalue weighted by Gasteiger charge is -2.05. The van der Waals surface area contributed by atoms with Crippen molar-refractivity contribution in [2.75, 3.05) is 0 Å².